The third kappa shape index (κ3) is 38.2. The Bertz CT molecular complexity index is 3850. The van der Waals surface area contributed by atoms with Crippen LogP contribution in [0.25, 0.3) is 0 Å². The SMILES string of the molecule is CCCCNc1ccc(NCc2ccccc2)cc1.CCCN(C)c1ccc(N)cc1.CCCc1cc(N)ccc1N.CCNc1ccc(NCC)cc1.CCNc1cccc(N)c1.CCNc1ccccc1N.CNc1cccc(N)c1.c1ccc(CNc2ccc(NCc3ccccc3)cc2)cc1. The second-order valence-electron chi connectivity index (χ2n) is 24.5. The van der Waals surface area contributed by atoms with Crippen LogP contribution in [0, 0.1) is 0 Å². The number of rotatable bonds is 27. The van der Waals surface area contributed by atoms with Crippen LogP contribution in [0.5, 0.6) is 0 Å². The number of nitrogens with zero attached hydrogens (tertiary/aromatic N) is 1. The van der Waals surface area contributed by atoms with E-state index in [0.29, 0.717) is 0 Å². The molecule has 0 aromatic heterocycles. The molecule has 0 spiro atoms. The van der Waals surface area contributed by atoms with E-state index in [1.54, 1.807) is 0 Å². The van der Waals surface area contributed by atoms with Crippen LogP contribution < -0.4 is 87.2 Å². The van der Waals surface area contributed by atoms with Crippen LogP contribution in [0.2, 0.25) is 0 Å². The zero-order chi connectivity index (χ0) is 75.9. The van der Waals surface area contributed by atoms with Gasteiger partial charge in [0.25, 0.3) is 0 Å². The van der Waals surface area contributed by atoms with Gasteiger partial charge in [0.1, 0.15) is 0 Å². The Morgan fingerprint density at radius 2 is 0.676 bits per heavy atom. The van der Waals surface area contributed by atoms with Crippen LogP contribution in [0.4, 0.5) is 91.0 Å². The summed E-state index contributed by atoms with van der Waals surface area (Å²) in [6, 6.07) is 93.3. The predicted octanol–water partition coefficient (Wildman–Crippen LogP) is 20.6. The third-order valence-electron chi connectivity index (χ3n) is 15.6. The molecule has 0 radical (unpaired) electrons. The molecule has 105 heavy (non-hydrogen) atoms. The summed E-state index contributed by atoms with van der Waals surface area (Å²) in [7, 11) is 3.96. The Kier molecular flexibility index (Phi) is 43.3. The first-order chi connectivity index (χ1) is 51.1. The summed E-state index contributed by atoms with van der Waals surface area (Å²) >= 11 is 0. The number of hydrogen-bond acceptors (Lipinski definition) is 16. The Hall–Kier alpha value is -11.8. The van der Waals surface area contributed by atoms with Crippen molar-refractivity contribution in [3.63, 3.8) is 0 Å². The Morgan fingerprint density at radius 3 is 1.07 bits per heavy atom. The number of anilines is 16. The van der Waals surface area contributed by atoms with E-state index in [1.165, 1.54) is 58.7 Å². The van der Waals surface area contributed by atoms with Crippen molar-refractivity contribution in [1.29, 1.82) is 0 Å². The molecule has 0 saturated heterocycles. The maximum atomic E-state index is 5.72. The standard InChI is InChI=1S/C20H20N2.C17H22N2.2C10H16N2.C9H14N2.2C8H12N2.C7H10N2/c1-3-7-17(8-4-1)15-21-19-11-13-20(14-12-19)22-16-18-9-5-2-6-10-18;1-2-3-13-18-16-9-11-17(12-10-16)19-14-15-7-5-4-6-8-15;1-3-8-12(2)10-6-4-9(11)5-7-10;1-3-11-9-5-7-10(8-6-9)12-4-2;1-2-3-7-6-8(10)4-5-9(7)11;1-2-10-8-5-3-4-7(9)6-8;1-2-10-8-6-4-3-5-7(8)9;1-9-7-4-2-3-6(8)5-7/h1-14,21-22H,15-16H2;4-12,18-19H,2-3,13-14H2,1H3;4-7H,3,8,11H2,1-2H3;5-8,11-12H,3-4H2,1-2H3;4-6H,2-3,10-11H2,1H3;2*3-6,10H,2,9H2,1H3;2-5,9H,8H2,1H3. The normalized spacial score (nSPS) is 9.76. The number of nitrogen functional groups attached to an aromatic ring is 6. The summed E-state index contributed by atoms with van der Waals surface area (Å²) in [4.78, 5) is 2.22. The largest absolute Gasteiger partial charge is 0.399 e. The number of nitrogens with two attached hydrogens (primary N) is 6. The van der Waals surface area contributed by atoms with Crippen molar-refractivity contribution in [3.8, 4) is 0 Å². The first kappa shape index (κ1) is 85.6. The van der Waals surface area contributed by atoms with Crippen molar-refractivity contribution in [3.05, 3.63) is 301 Å². The van der Waals surface area contributed by atoms with Crippen molar-refractivity contribution < 1.29 is 0 Å². The molecule has 0 aliphatic carbocycles. The lowest BCUT2D eigenvalue weighted by molar-refractivity contribution is 0.834. The fraction of sp³-hybridized carbons (Fsp3) is 0.258. The second kappa shape index (κ2) is 53.1. The van der Waals surface area contributed by atoms with E-state index in [9.17, 15) is 0 Å². The van der Waals surface area contributed by atoms with E-state index in [4.69, 9.17) is 34.4 Å². The molecule has 11 rings (SSSR count). The lowest BCUT2D eigenvalue weighted by Gasteiger charge is -2.17. The van der Waals surface area contributed by atoms with Gasteiger partial charge >= 0.3 is 0 Å². The van der Waals surface area contributed by atoms with Crippen molar-refractivity contribution in [2.45, 2.75) is 100 Å². The van der Waals surface area contributed by atoms with Gasteiger partial charge in [0, 0.05) is 153 Å². The van der Waals surface area contributed by atoms with E-state index in [0.717, 1.165) is 146 Å². The molecule has 0 fully saturated rings. The molecule has 0 bridgehead atoms. The fourth-order valence-electron chi connectivity index (χ4n) is 10.0. The molecule has 0 aliphatic heterocycles. The Balaban J connectivity index is 0.000000259. The summed E-state index contributed by atoms with van der Waals surface area (Å²) in [5.74, 6) is 0. The monoisotopic (exact) mass is 1420 g/mol. The number of benzene rings is 11. The number of nitrogens with one attached hydrogen (secondary N) is 9. The van der Waals surface area contributed by atoms with Gasteiger partial charge in [-0.25, -0.2) is 0 Å². The van der Waals surface area contributed by atoms with Crippen LogP contribution in [-0.4, -0.2) is 53.4 Å². The molecular formula is C89H122N16. The molecule has 0 amide bonds. The molecule has 0 aliphatic rings. The molecule has 0 saturated carbocycles. The first-order valence-corrected chi connectivity index (χ1v) is 36.9. The van der Waals surface area contributed by atoms with E-state index in [2.05, 4.69) is 247 Å². The van der Waals surface area contributed by atoms with Gasteiger partial charge in [-0.3, -0.25) is 0 Å². The average molecular weight is 1420 g/mol. The maximum Gasteiger partial charge on any atom is 0.0573 e. The second-order valence-corrected chi connectivity index (χ2v) is 24.5. The topological polar surface area (TPSA) is 268 Å². The summed E-state index contributed by atoms with van der Waals surface area (Å²) in [5.41, 5.74) is 54.9. The molecule has 16 nitrogen and oxygen atoms in total. The van der Waals surface area contributed by atoms with Gasteiger partial charge in [0.2, 0.25) is 0 Å². The van der Waals surface area contributed by atoms with Gasteiger partial charge in [-0.1, -0.05) is 149 Å². The van der Waals surface area contributed by atoms with Gasteiger partial charge in [-0.05, 0) is 233 Å². The smallest absolute Gasteiger partial charge is 0.0573 e. The van der Waals surface area contributed by atoms with E-state index < -0.39 is 0 Å². The average Bonchev–Trinajstić information content (AvgIpc) is 0.941. The highest BCUT2D eigenvalue weighted by Crippen LogP contribution is 2.21. The highest BCUT2D eigenvalue weighted by atomic mass is 15.1. The summed E-state index contributed by atoms with van der Waals surface area (Å²) < 4.78 is 0. The van der Waals surface area contributed by atoms with Gasteiger partial charge in [-0.2, -0.15) is 0 Å². The van der Waals surface area contributed by atoms with Crippen molar-refractivity contribution in [2.24, 2.45) is 0 Å². The molecule has 21 N–H and O–H groups in total. The Labute approximate surface area is 629 Å². The quantitative estimate of drug-likeness (QED) is 0.0168. The molecule has 11 aromatic carbocycles. The van der Waals surface area contributed by atoms with Gasteiger partial charge in [-0.15, -0.1) is 0 Å². The van der Waals surface area contributed by atoms with Crippen molar-refractivity contribution in [2.75, 3.05) is 141 Å². The van der Waals surface area contributed by atoms with Crippen LogP contribution in [-0.2, 0) is 26.1 Å². The van der Waals surface area contributed by atoms with E-state index >= 15 is 0 Å². The molecule has 0 atom stereocenters. The molecular weight excluding hydrogens is 1290 g/mol. The minimum absolute atomic E-state index is 0.793. The maximum absolute atomic E-state index is 5.72. The predicted molar refractivity (Wildman–Crippen MR) is 466 cm³/mol. The molecule has 558 valence electrons. The summed E-state index contributed by atoms with van der Waals surface area (Å²) in [5, 5.41) is 29.5. The zero-order valence-corrected chi connectivity index (χ0v) is 63.9. The summed E-state index contributed by atoms with van der Waals surface area (Å²) in [6.07, 6.45) is 5.73. The number of hydrogen-bond donors (Lipinski definition) is 15. The van der Waals surface area contributed by atoms with Crippen LogP contribution in [0.15, 0.2) is 279 Å². The van der Waals surface area contributed by atoms with Crippen LogP contribution >= 0.6 is 0 Å². The molecule has 0 unspecified atom stereocenters. The highest BCUT2D eigenvalue weighted by Gasteiger charge is 2.02. The number of aryl methyl sites for hydroxylation is 1. The Morgan fingerprint density at radius 1 is 0.295 bits per heavy atom. The van der Waals surface area contributed by atoms with Crippen molar-refractivity contribution >= 4 is 91.0 Å². The molecule has 11 aromatic rings. The minimum Gasteiger partial charge on any atom is -0.399 e. The van der Waals surface area contributed by atoms with E-state index in [-0.39, 0.29) is 0 Å². The van der Waals surface area contributed by atoms with Gasteiger partial charge in [0.15, 0.2) is 0 Å². The van der Waals surface area contributed by atoms with E-state index in [1.807, 2.05) is 147 Å². The third-order valence-corrected chi connectivity index (χ3v) is 15.6. The summed E-state index contributed by atoms with van der Waals surface area (Å²) in [6.45, 7) is 23.3. The fourth-order valence-corrected chi connectivity index (χ4v) is 10.0. The van der Waals surface area contributed by atoms with Crippen LogP contribution in [0.3, 0.4) is 0 Å². The lowest BCUT2D eigenvalue weighted by Crippen LogP contribution is -2.17. The lowest BCUT2D eigenvalue weighted by atomic mass is 10.1. The molecule has 16 heteroatoms. The number of unbranched alkanes of at least 4 members (excludes halogenated alkanes) is 1. The molecule has 0 heterocycles. The minimum atomic E-state index is 0.793. The first-order valence-electron chi connectivity index (χ1n) is 36.9. The van der Waals surface area contributed by atoms with Gasteiger partial charge in [0.05, 0.1) is 11.4 Å². The van der Waals surface area contributed by atoms with Gasteiger partial charge < -0.3 is 87.2 Å². The van der Waals surface area contributed by atoms with Crippen molar-refractivity contribution in [1.82, 2.24) is 0 Å². The zero-order valence-electron chi connectivity index (χ0n) is 63.9. The highest BCUT2D eigenvalue weighted by molar-refractivity contribution is 5.66. The number of para-hydroxylation sites is 2. The van der Waals surface area contributed by atoms with Crippen LogP contribution in [0.1, 0.15) is 96.4 Å².